The number of methoxy groups -OCH3 is 1. The van der Waals surface area contributed by atoms with Crippen LogP contribution >= 0.6 is 0 Å². The zero-order valence-electron chi connectivity index (χ0n) is 14.9. The van der Waals surface area contributed by atoms with Gasteiger partial charge in [-0.15, -0.1) is 0 Å². The van der Waals surface area contributed by atoms with Crippen LogP contribution in [0.2, 0.25) is 0 Å². The summed E-state index contributed by atoms with van der Waals surface area (Å²) in [6.45, 7) is 3.33. The van der Waals surface area contributed by atoms with Gasteiger partial charge in [0.25, 0.3) is 0 Å². The van der Waals surface area contributed by atoms with E-state index in [0.29, 0.717) is 6.61 Å². The number of benzene rings is 2. The van der Waals surface area contributed by atoms with Crippen molar-refractivity contribution in [3.05, 3.63) is 64.7 Å². The number of ether oxygens (including phenoxy) is 3. The molecule has 134 valence electrons. The van der Waals surface area contributed by atoms with E-state index >= 15 is 0 Å². The standard InChI is InChI=1S/C21H26O4/c1-15-12-16(14-25-20-8-3-4-11-24-20)9-10-19(15)21(22)17-6-5-7-18(13-17)23-2/h5-7,9-10,12-13,20-22H,3-4,8,11,14H2,1-2H3. The van der Waals surface area contributed by atoms with E-state index in [2.05, 4.69) is 6.07 Å². The molecule has 2 unspecified atom stereocenters. The van der Waals surface area contributed by atoms with Crippen LogP contribution in [0.1, 0.15) is 47.6 Å². The Hall–Kier alpha value is -1.88. The van der Waals surface area contributed by atoms with Crippen molar-refractivity contribution >= 4 is 0 Å². The molecule has 3 rings (SSSR count). The van der Waals surface area contributed by atoms with Gasteiger partial charge in [-0.3, -0.25) is 0 Å². The van der Waals surface area contributed by atoms with Crippen LogP contribution in [-0.2, 0) is 16.1 Å². The first kappa shape index (κ1) is 17.9. The summed E-state index contributed by atoms with van der Waals surface area (Å²) in [4.78, 5) is 0. The Morgan fingerprint density at radius 2 is 2.08 bits per heavy atom. The normalized spacial score (nSPS) is 18.8. The quantitative estimate of drug-likeness (QED) is 0.857. The molecular formula is C21H26O4. The van der Waals surface area contributed by atoms with Crippen molar-refractivity contribution in [3.63, 3.8) is 0 Å². The molecule has 1 N–H and O–H groups in total. The van der Waals surface area contributed by atoms with Crippen molar-refractivity contribution < 1.29 is 19.3 Å². The van der Waals surface area contributed by atoms with Crippen molar-refractivity contribution in [1.82, 2.24) is 0 Å². The summed E-state index contributed by atoms with van der Waals surface area (Å²) in [6, 6.07) is 13.6. The van der Waals surface area contributed by atoms with Crippen molar-refractivity contribution in [1.29, 1.82) is 0 Å². The lowest BCUT2D eigenvalue weighted by Gasteiger charge is -2.23. The van der Waals surface area contributed by atoms with Gasteiger partial charge in [0.2, 0.25) is 0 Å². The Morgan fingerprint density at radius 3 is 2.80 bits per heavy atom. The van der Waals surface area contributed by atoms with E-state index in [-0.39, 0.29) is 6.29 Å². The van der Waals surface area contributed by atoms with E-state index in [9.17, 15) is 5.11 Å². The first-order chi connectivity index (χ1) is 12.2. The second-order valence-corrected chi connectivity index (χ2v) is 6.48. The number of rotatable bonds is 6. The largest absolute Gasteiger partial charge is 0.497 e. The van der Waals surface area contributed by atoms with Crippen LogP contribution in [0.3, 0.4) is 0 Å². The predicted octanol–water partition coefficient (Wildman–Crippen LogP) is 4.13. The molecule has 1 aliphatic rings. The molecular weight excluding hydrogens is 316 g/mol. The first-order valence-electron chi connectivity index (χ1n) is 8.82. The smallest absolute Gasteiger partial charge is 0.158 e. The van der Waals surface area contributed by atoms with Gasteiger partial charge in [0.05, 0.1) is 13.7 Å². The monoisotopic (exact) mass is 342 g/mol. The van der Waals surface area contributed by atoms with E-state index in [4.69, 9.17) is 14.2 Å². The van der Waals surface area contributed by atoms with Gasteiger partial charge in [0, 0.05) is 6.61 Å². The van der Waals surface area contributed by atoms with Gasteiger partial charge in [-0.05, 0) is 60.6 Å². The van der Waals surface area contributed by atoms with Crippen LogP contribution < -0.4 is 4.74 Å². The Balaban J connectivity index is 1.68. The lowest BCUT2D eigenvalue weighted by Crippen LogP contribution is -2.22. The van der Waals surface area contributed by atoms with Gasteiger partial charge >= 0.3 is 0 Å². The molecule has 0 aromatic heterocycles. The number of aryl methyl sites for hydroxylation is 1. The molecule has 0 amide bonds. The van der Waals surface area contributed by atoms with Gasteiger partial charge < -0.3 is 19.3 Å². The highest BCUT2D eigenvalue weighted by Crippen LogP contribution is 2.28. The molecule has 2 atom stereocenters. The molecule has 2 aromatic carbocycles. The maximum Gasteiger partial charge on any atom is 0.158 e. The summed E-state index contributed by atoms with van der Waals surface area (Å²) < 4.78 is 16.7. The molecule has 1 saturated heterocycles. The van der Waals surface area contributed by atoms with Crippen LogP contribution in [0.5, 0.6) is 5.75 Å². The molecule has 4 heteroatoms. The Morgan fingerprint density at radius 1 is 1.20 bits per heavy atom. The third-order valence-electron chi connectivity index (χ3n) is 4.61. The highest BCUT2D eigenvalue weighted by Gasteiger charge is 2.16. The molecule has 4 nitrogen and oxygen atoms in total. The zero-order valence-corrected chi connectivity index (χ0v) is 14.9. The Bertz CT molecular complexity index is 692. The lowest BCUT2D eigenvalue weighted by molar-refractivity contribution is -0.168. The first-order valence-corrected chi connectivity index (χ1v) is 8.82. The van der Waals surface area contributed by atoms with Gasteiger partial charge in [-0.1, -0.05) is 30.3 Å². The summed E-state index contributed by atoms with van der Waals surface area (Å²) in [7, 11) is 1.63. The predicted molar refractivity (Wildman–Crippen MR) is 96.6 cm³/mol. The van der Waals surface area contributed by atoms with Crippen LogP contribution in [0.15, 0.2) is 42.5 Å². The minimum absolute atomic E-state index is 0.0869. The summed E-state index contributed by atoms with van der Waals surface area (Å²) in [6.07, 6.45) is 2.49. The second-order valence-electron chi connectivity index (χ2n) is 6.48. The highest BCUT2D eigenvalue weighted by atomic mass is 16.7. The SMILES string of the molecule is COc1cccc(C(O)c2ccc(COC3CCCCO3)cc2C)c1. The molecule has 1 fully saturated rings. The van der Waals surface area contributed by atoms with Crippen LogP contribution in [0, 0.1) is 6.92 Å². The van der Waals surface area contributed by atoms with E-state index in [1.54, 1.807) is 7.11 Å². The van der Waals surface area contributed by atoms with Crippen LogP contribution in [0.4, 0.5) is 0 Å². The second kappa shape index (κ2) is 8.48. The Kier molecular flexibility index (Phi) is 6.08. The van der Waals surface area contributed by atoms with Crippen LogP contribution in [0.25, 0.3) is 0 Å². The summed E-state index contributed by atoms with van der Waals surface area (Å²) >= 11 is 0. The number of hydrogen-bond donors (Lipinski definition) is 1. The molecule has 25 heavy (non-hydrogen) atoms. The molecule has 0 spiro atoms. The fraction of sp³-hybridized carbons (Fsp3) is 0.429. The fourth-order valence-corrected chi connectivity index (χ4v) is 3.16. The summed E-state index contributed by atoms with van der Waals surface area (Å²) in [5.74, 6) is 0.742. The lowest BCUT2D eigenvalue weighted by atomic mass is 9.96. The van der Waals surface area contributed by atoms with Crippen molar-refractivity contribution in [2.45, 2.75) is 45.2 Å². The molecule has 0 saturated carbocycles. The van der Waals surface area contributed by atoms with E-state index in [0.717, 1.165) is 53.9 Å². The number of aliphatic hydroxyl groups is 1. The summed E-state index contributed by atoms with van der Waals surface area (Å²) in [5.41, 5.74) is 3.85. The van der Waals surface area contributed by atoms with E-state index in [1.807, 2.05) is 43.3 Å². The average Bonchev–Trinajstić information content (AvgIpc) is 2.67. The molecule has 1 heterocycles. The van der Waals surface area contributed by atoms with Crippen molar-refractivity contribution in [3.8, 4) is 5.75 Å². The van der Waals surface area contributed by atoms with Gasteiger partial charge in [-0.2, -0.15) is 0 Å². The van der Waals surface area contributed by atoms with E-state index < -0.39 is 6.10 Å². The zero-order chi connectivity index (χ0) is 17.6. The van der Waals surface area contributed by atoms with E-state index in [1.165, 1.54) is 0 Å². The summed E-state index contributed by atoms with van der Waals surface area (Å²) in [5, 5.41) is 10.7. The topological polar surface area (TPSA) is 47.9 Å². The molecule has 0 radical (unpaired) electrons. The maximum absolute atomic E-state index is 10.7. The van der Waals surface area contributed by atoms with Crippen molar-refractivity contribution in [2.75, 3.05) is 13.7 Å². The van der Waals surface area contributed by atoms with Crippen molar-refractivity contribution in [2.24, 2.45) is 0 Å². The molecule has 0 bridgehead atoms. The van der Waals surface area contributed by atoms with Crippen LogP contribution in [-0.4, -0.2) is 25.1 Å². The molecule has 1 aliphatic heterocycles. The maximum atomic E-state index is 10.7. The molecule has 2 aromatic rings. The van der Waals surface area contributed by atoms with Gasteiger partial charge in [0.15, 0.2) is 6.29 Å². The number of hydrogen-bond acceptors (Lipinski definition) is 4. The van der Waals surface area contributed by atoms with Gasteiger partial charge in [-0.25, -0.2) is 0 Å². The Labute approximate surface area is 149 Å². The average molecular weight is 342 g/mol. The minimum Gasteiger partial charge on any atom is -0.497 e. The minimum atomic E-state index is -0.674. The van der Waals surface area contributed by atoms with Gasteiger partial charge in [0.1, 0.15) is 11.9 Å². The fourth-order valence-electron chi connectivity index (χ4n) is 3.16. The third kappa shape index (κ3) is 4.60. The molecule has 0 aliphatic carbocycles. The highest BCUT2D eigenvalue weighted by molar-refractivity contribution is 5.40. The third-order valence-corrected chi connectivity index (χ3v) is 4.61. The number of aliphatic hydroxyl groups excluding tert-OH is 1.